The van der Waals surface area contributed by atoms with Gasteiger partial charge in [0, 0.05) is 5.39 Å². The molecule has 0 amide bonds. The molecular formula is C20H25NO5. The van der Waals surface area contributed by atoms with Crippen molar-refractivity contribution in [2.24, 2.45) is 0 Å². The van der Waals surface area contributed by atoms with Crippen molar-refractivity contribution in [1.29, 1.82) is 0 Å². The molecule has 26 heavy (non-hydrogen) atoms. The summed E-state index contributed by atoms with van der Waals surface area (Å²) in [5, 5.41) is 19.5. The number of unbranched alkanes of at least 4 members (excludes halogenated alkanes) is 5. The fraction of sp³-hybridized carbons (Fsp3) is 0.450. The van der Waals surface area contributed by atoms with Crippen LogP contribution in [0.1, 0.15) is 62.2 Å². The van der Waals surface area contributed by atoms with Crippen molar-refractivity contribution in [3.05, 3.63) is 35.9 Å². The van der Waals surface area contributed by atoms with Gasteiger partial charge in [0.05, 0.1) is 5.52 Å². The Morgan fingerprint density at radius 1 is 1.08 bits per heavy atom. The second-order valence-corrected chi connectivity index (χ2v) is 6.34. The Balaban J connectivity index is 2.10. The van der Waals surface area contributed by atoms with Crippen molar-refractivity contribution < 1.29 is 24.5 Å². The molecule has 2 N–H and O–H groups in total. The highest BCUT2D eigenvalue weighted by atomic mass is 16.5. The molecule has 0 spiro atoms. The predicted molar refractivity (Wildman–Crippen MR) is 98.7 cm³/mol. The number of rotatable bonds is 11. The van der Waals surface area contributed by atoms with Crippen molar-refractivity contribution in [1.82, 2.24) is 4.98 Å². The van der Waals surface area contributed by atoms with E-state index in [0.717, 1.165) is 32.1 Å². The lowest BCUT2D eigenvalue weighted by Gasteiger charge is -2.16. The number of hydrogen-bond acceptors (Lipinski definition) is 4. The number of ether oxygens (including phenoxy) is 1. The number of carboxylic acid groups (broad SMARTS) is 2. The van der Waals surface area contributed by atoms with E-state index in [9.17, 15) is 19.8 Å². The van der Waals surface area contributed by atoms with Crippen LogP contribution in [0.25, 0.3) is 10.9 Å². The summed E-state index contributed by atoms with van der Waals surface area (Å²) < 4.78 is 5.51. The van der Waals surface area contributed by atoms with Crippen molar-refractivity contribution in [2.45, 2.75) is 58.0 Å². The monoisotopic (exact) mass is 359 g/mol. The van der Waals surface area contributed by atoms with Crippen LogP contribution in [0.5, 0.6) is 5.88 Å². The Labute approximate surface area is 152 Å². The zero-order valence-corrected chi connectivity index (χ0v) is 15.0. The minimum Gasteiger partial charge on any atom is -0.479 e. The first-order valence-corrected chi connectivity index (χ1v) is 9.05. The maximum atomic E-state index is 11.5. The largest absolute Gasteiger partial charge is 0.479 e. The number of carboxylic acids is 2. The first-order chi connectivity index (χ1) is 12.5. The van der Waals surface area contributed by atoms with Crippen molar-refractivity contribution in [2.75, 3.05) is 0 Å². The molecule has 0 saturated heterocycles. The SMILES string of the molecule is CCCCCCCCC(Oc1nc2ccccc2cc1C(=O)O)C(=O)O. The number of aromatic carboxylic acids is 1. The number of para-hydroxylation sites is 1. The quantitative estimate of drug-likeness (QED) is 0.573. The van der Waals surface area contributed by atoms with E-state index in [4.69, 9.17) is 4.74 Å². The molecule has 0 bridgehead atoms. The number of hydrogen-bond donors (Lipinski definition) is 2. The van der Waals surface area contributed by atoms with Gasteiger partial charge in [-0.15, -0.1) is 0 Å². The van der Waals surface area contributed by atoms with Gasteiger partial charge < -0.3 is 14.9 Å². The number of carbonyl (C=O) groups is 2. The lowest BCUT2D eigenvalue weighted by atomic mass is 10.1. The van der Waals surface area contributed by atoms with Crippen molar-refractivity contribution in [3.8, 4) is 5.88 Å². The third-order valence-electron chi connectivity index (χ3n) is 4.27. The number of benzene rings is 1. The molecule has 1 aromatic heterocycles. The summed E-state index contributed by atoms with van der Waals surface area (Å²) in [5.41, 5.74) is 0.439. The topological polar surface area (TPSA) is 96.7 Å². The van der Waals surface area contributed by atoms with Crippen LogP contribution < -0.4 is 4.74 Å². The molecule has 6 nitrogen and oxygen atoms in total. The molecule has 1 unspecified atom stereocenters. The standard InChI is InChI=1S/C20H25NO5/c1-2-3-4-5-6-7-12-17(20(24)25)26-18-15(19(22)23)13-14-10-8-9-11-16(14)21-18/h8-11,13,17H,2-7,12H2,1H3,(H,22,23)(H,24,25). The van der Waals surface area contributed by atoms with Crippen LogP contribution in [0.4, 0.5) is 0 Å². The van der Waals surface area contributed by atoms with Gasteiger partial charge in [-0.3, -0.25) is 0 Å². The molecule has 2 aromatic rings. The van der Waals surface area contributed by atoms with Gasteiger partial charge in [-0.2, -0.15) is 0 Å². The highest BCUT2D eigenvalue weighted by molar-refractivity contribution is 5.95. The van der Waals surface area contributed by atoms with E-state index in [1.807, 2.05) is 0 Å². The van der Waals surface area contributed by atoms with Gasteiger partial charge in [0.2, 0.25) is 5.88 Å². The van der Waals surface area contributed by atoms with Crippen LogP contribution in [0.2, 0.25) is 0 Å². The zero-order valence-electron chi connectivity index (χ0n) is 15.0. The maximum Gasteiger partial charge on any atom is 0.344 e. The van der Waals surface area contributed by atoms with E-state index in [1.165, 1.54) is 12.5 Å². The summed E-state index contributed by atoms with van der Waals surface area (Å²) in [6.45, 7) is 2.14. The lowest BCUT2D eigenvalue weighted by molar-refractivity contribution is -0.145. The molecule has 0 aliphatic carbocycles. The third-order valence-corrected chi connectivity index (χ3v) is 4.27. The smallest absolute Gasteiger partial charge is 0.344 e. The van der Waals surface area contributed by atoms with Gasteiger partial charge >= 0.3 is 11.9 Å². The summed E-state index contributed by atoms with van der Waals surface area (Å²) in [5.74, 6) is -2.44. The predicted octanol–water partition coefficient (Wildman–Crippen LogP) is 4.52. The zero-order chi connectivity index (χ0) is 18.9. The normalized spacial score (nSPS) is 12.0. The van der Waals surface area contributed by atoms with E-state index in [0.29, 0.717) is 17.3 Å². The van der Waals surface area contributed by atoms with Gasteiger partial charge in [-0.25, -0.2) is 14.6 Å². The minimum absolute atomic E-state index is 0.127. The minimum atomic E-state index is -1.19. The molecule has 1 heterocycles. The average Bonchev–Trinajstić information content (AvgIpc) is 2.62. The Hall–Kier alpha value is -2.63. The van der Waals surface area contributed by atoms with Gasteiger partial charge in [0.25, 0.3) is 0 Å². The fourth-order valence-electron chi connectivity index (χ4n) is 2.82. The molecule has 2 rings (SSSR count). The van der Waals surface area contributed by atoms with Crippen LogP contribution in [0, 0.1) is 0 Å². The van der Waals surface area contributed by atoms with Crippen LogP contribution in [0.15, 0.2) is 30.3 Å². The average molecular weight is 359 g/mol. The molecule has 1 aromatic carbocycles. The Morgan fingerprint density at radius 3 is 2.46 bits per heavy atom. The van der Waals surface area contributed by atoms with Crippen LogP contribution in [0.3, 0.4) is 0 Å². The Bertz CT molecular complexity index is 759. The van der Waals surface area contributed by atoms with Crippen LogP contribution >= 0.6 is 0 Å². The molecule has 0 aliphatic heterocycles. The molecule has 0 saturated carbocycles. The Kier molecular flexibility index (Phi) is 7.38. The number of aliphatic carboxylic acids is 1. The number of fused-ring (bicyclic) bond motifs is 1. The number of aromatic nitrogens is 1. The van der Waals surface area contributed by atoms with E-state index in [-0.39, 0.29) is 11.4 Å². The van der Waals surface area contributed by atoms with E-state index in [1.54, 1.807) is 24.3 Å². The molecule has 6 heteroatoms. The summed E-state index contributed by atoms with van der Waals surface area (Å²) in [4.78, 5) is 27.2. The van der Waals surface area contributed by atoms with Crippen LogP contribution in [-0.2, 0) is 4.79 Å². The molecule has 1 atom stereocenters. The molecule has 0 aliphatic rings. The highest BCUT2D eigenvalue weighted by Gasteiger charge is 2.23. The number of nitrogens with zero attached hydrogens (tertiary/aromatic N) is 1. The molecule has 0 fully saturated rings. The molecule has 140 valence electrons. The summed E-state index contributed by atoms with van der Waals surface area (Å²) in [6, 6.07) is 8.52. The highest BCUT2D eigenvalue weighted by Crippen LogP contribution is 2.24. The van der Waals surface area contributed by atoms with E-state index >= 15 is 0 Å². The van der Waals surface area contributed by atoms with Gasteiger partial charge in [-0.1, -0.05) is 57.2 Å². The molecule has 0 radical (unpaired) electrons. The summed E-state index contributed by atoms with van der Waals surface area (Å²) >= 11 is 0. The van der Waals surface area contributed by atoms with Crippen LogP contribution in [-0.4, -0.2) is 33.2 Å². The lowest BCUT2D eigenvalue weighted by Crippen LogP contribution is -2.28. The third kappa shape index (κ3) is 5.44. The maximum absolute atomic E-state index is 11.5. The van der Waals surface area contributed by atoms with Crippen molar-refractivity contribution in [3.63, 3.8) is 0 Å². The number of pyridine rings is 1. The van der Waals surface area contributed by atoms with E-state index in [2.05, 4.69) is 11.9 Å². The summed E-state index contributed by atoms with van der Waals surface area (Å²) in [7, 11) is 0. The van der Waals surface area contributed by atoms with Gasteiger partial charge in [0.15, 0.2) is 6.10 Å². The van der Waals surface area contributed by atoms with E-state index < -0.39 is 18.0 Å². The molecular weight excluding hydrogens is 334 g/mol. The summed E-state index contributed by atoms with van der Waals surface area (Å²) in [6.07, 6.45) is 5.43. The van der Waals surface area contributed by atoms with Gasteiger partial charge in [0.1, 0.15) is 5.56 Å². The second kappa shape index (κ2) is 9.75. The van der Waals surface area contributed by atoms with Crippen molar-refractivity contribution >= 4 is 22.8 Å². The Morgan fingerprint density at radius 2 is 1.77 bits per heavy atom. The second-order valence-electron chi connectivity index (χ2n) is 6.34. The first-order valence-electron chi connectivity index (χ1n) is 9.05. The van der Waals surface area contributed by atoms with Gasteiger partial charge in [-0.05, 0) is 25.0 Å². The first kappa shape index (κ1) is 19.7. The fourth-order valence-corrected chi connectivity index (χ4v) is 2.82.